The SMILES string of the molecule is CCCCCNC(=O)C(C)Oc1c(N)cccc1Cl. The fraction of sp³-hybridized carbons (Fsp3) is 0.500. The molecule has 0 aliphatic rings. The molecule has 0 saturated carbocycles. The Balaban J connectivity index is 2.50. The van der Waals surface area contributed by atoms with Crippen LogP contribution in [-0.2, 0) is 4.79 Å². The predicted molar refractivity (Wildman–Crippen MR) is 78.5 cm³/mol. The molecule has 0 saturated heterocycles. The Hall–Kier alpha value is -1.42. The lowest BCUT2D eigenvalue weighted by Gasteiger charge is -2.16. The van der Waals surface area contributed by atoms with Crippen LogP contribution < -0.4 is 15.8 Å². The Kier molecular flexibility index (Phi) is 6.50. The molecule has 3 N–H and O–H groups in total. The molecule has 1 unspecified atom stereocenters. The average molecular weight is 285 g/mol. The number of unbranched alkanes of at least 4 members (excludes halogenated alkanes) is 2. The number of carbonyl (C=O) groups excluding carboxylic acids is 1. The van der Waals surface area contributed by atoms with Crippen LogP contribution in [0.4, 0.5) is 5.69 Å². The summed E-state index contributed by atoms with van der Waals surface area (Å²) in [6, 6.07) is 5.10. The molecule has 1 aromatic rings. The largest absolute Gasteiger partial charge is 0.477 e. The van der Waals surface area contributed by atoms with E-state index in [0.29, 0.717) is 23.0 Å². The summed E-state index contributed by atoms with van der Waals surface area (Å²) in [4.78, 5) is 11.8. The number of nitrogen functional groups attached to an aromatic ring is 1. The van der Waals surface area contributed by atoms with Crippen molar-refractivity contribution in [1.29, 1.82) is 0 Å². The summed E-state index contributed by atoms with van der Waals surface area (Å²) < 4.78 is 5.53. The highest BCUT2D eigenvalue weighted by atomic mass is 35.5. The normalized spacial score (nSPS) is 11.9. The van der Waals surface area contributed by atoms with Crippen LogP contribution in [0.1, 0.15) is 33.1 Å². The van der Waals surface area contributed by atoms with E-state index < -0.39 is 6.10 Å². The molecule has 1 aromatic carbocycles. The number of nitrogens with two attached hydrogens (primary N) is 1. The summed E-state index contributed by atoms with van der Waals surface area (Å²) in [7, 11) is 0. The van der Waals surface area contributed by atoms with Crippen LogP contribution in [0.2, 0.25) is 5.02 Å². The molecule has 0 aromatic heterocycles. The van der Waals surface area contributed by atoms with E-state index in [2.05, 4.69) is 12.2 Å². The van der Waals surface area contributed by atoms with Gasteiger partial charge < -0.3 is 15.8 Å². The third-order valence-electron chi connectivity index (χ3n) is 2.74. The fourth-order valence-corrected chi connectivity index (χ4v) is 1.84. The van der Waals surface area contributed by atoms with Crippen LogP contribution in [0.5, 0.6) is 5.75 Å². The minimum absolute atomic E-state index is 0.157. The number of halogens is 1. The highest BCUT2D eigenvalue weighted by molar-refractivity contribution is 6.32. The number of rotatable bonds is 7. The molecule has 0 fully saturated rings. The van der Waals surface area contributed by atoms with Gasteiger partial charge >= 0.3 is 0 Å². The maximum Gasteiger partial charge on any atom is 0.260 e. The van der Waals surface area contributed by atoms with E-state index >= 15 is 0 Å². The molecule has 0 spiro atoms. The van der Waals surface area contributed by atoms with Crippen molar-refractivity contribution in [2.45, 2.75) is 39.2 Å². The summed E-state index contributed by atoms with van der Waals surface area (Å²) in [6.45, 7) is 4.46. The average Bonchev–Trinajstić information content (AvgIpc) is 2.38. The lowest BCUT2D eigenvalue weighted by Crippen LogP contribution is -2.37. The molecule has 1 atom stereocenters. The molecule has 1 rings (SSSR count). The Morgan fingerprint density at radius 3 is 2.84 bits per heavy atom. The highest BCUT2D eigenvalue weighted by Crippen LogP contribution is 2.31. The minimum Gasteiger partial charge on any atom is -0.477 e. The molecule has 5 heteroatoms. The number of para-hydroxylation sites is 1. The lowest BCUT2D eigenvalue weighted by atomic mass is 10.2. The van der Waals surface area contributed by atoms with E-state index in [-0.39, 0.29) is 5.91 Å². The van der Waals surface area contributed by atoms with Gasteiger partial charge in [-0.05, 0) is 25.5 Å². The van der Waals surface area contributed by atoms with Crippen molar-refractivity contribution < 1.29 is 9.53 Å². The highest BCUT2D eigenvalue weighted by Gasteiger charge is 2.17. The van der Waals surface area contributed by atoms with Gasteiger partial charge in [-0.15, -0.1) is 0 Å². The van der Waals surface area contributed by atoms with E-state index in [1.807, 2.05) is 0 Å². The lowest BCUT2D eigenvalue weighted by molar-refractivity contribution is -0.127. The number of nitrogens with one attached hydrogen (secondary N) is 1. The number of hydrogen-bond acceptors (Lipinski definition) is 3. The number of benzene rings is 1. The summed E-state index contributed by atoms with van der Waals surface area (Å²) >= 11 is 5.99. The smallest absolute Gasteiger partial charge is 0.260 e. The van der Waals surface area contributed by atoms with Crippen molar-refractivity contribution in [3.8, 4) is 5.75 Å². The maximum absolute atomic E-state index is 11.8. The molecule has 0 aliphatic carbocycles. The topological polar surface area (TPSA) is 64.3 Å². The molecule has 19 heavy (non-hydrogen) atoms. The van der Waals surface area contributed by atoms with Gasteiger partial charge in [-0.2, -0.15) is 0 Å². The minimum atomic E-state index is -0.621. The molecular weight excluding hydrogens is 264 g/mol. The standard InChI is InChI=1S/C14H21ClN2O2/c1-3-4-5-9-17-14(18)10(2)19-13-11(15)7-6-8-12(13)16/h6-8,10H,3-5,9,16H2,1-2H3,(H,17,18). The Labute approximate surface area is 119 Å². The van der Waals surface area contributed by atoms with Gasteiger partial charge in [0.15, 0.2) is 11.9 Å². The molecule has 0 heterocycles. The van der Waals surface area contributed by atoms with Crippen molar-refractivity contribution in [1.82, 2.24) is 5.32 Å². The molecular formula is C14H21ClN2O2. The van der Waals surface area contributed by atoms with Crippen LogP contribution in [0, 0.1) is 0 Å². The van der Waals surface area contributed by atoms with Gasteiger partial charge in [0.05, 0.1) is 10.7 Å². The van der Waals surface area contributed by atoms with Crippen LogP contribution >= 0.6 is 11.6 Å². The van der Waals surface area contributed by atoms with E-state index in [1.165, 1.54) is 0 Å². The van der Waals surface area contributed by atoms with E-state index in [9.17, 15) is 4.79 Å². The van der Waals surface area contributed by atoms with E-state index in [0.717, 1.165) is 19.3 Å². The second kappa shape index (κ2) is 7.89. The van der Waals surface area contributed by atoms with E-state index in [1.54, 1.807) is 25.1 Å². The van der Waals surface area contributed by atoms with Crippen molar-refractivity contribution in [3.63, 3.8) is 0 Å². The summed E-state index contributed by atoms with van der Waals surface area (Å²) in [5.74, 6) is 0.204. The van der Waals surface area contributed by atoms with Crippen LogP contribution in [-0.4, -0.2) is 18.6 Å². The van der Waals surface area contributed by atoms with Gasteiger partial charge in [0.2, 0.25) is 0 Å². The first-order valence-electron chi connectivity index (χ1n) is 6.54. The van der Waals surface area contributed by atoms with Gasteiger partial charge in [0.1, 0.15) is 0 Å². The Bertz CT molecular complexity index is 404. The third kappa shape index (κ3) is 4.99. The summed E-state index contributed by atoms with van der Waals surface area (Å²) in [5, 5.41) is 3.24. The van der Waals surface area contributed by atoms with Crippen molar-refractivity contribution >= 4 is 23.2 Å². The number of amides is 1. The zero-order valence-corrected chi connectivity index (χ0v) is 12.2. The quantitative estimate of drug-likeness (QED) is 0.597. The number of ether oxygens (including phenoxy) is 1. The van der Waals surface area contributed by atoms with Gasteiger partial charge in [0.25, 0.3) is 5.91 Å². The molecule has 0 radical (unpaired) electrons. The van der Waals surface area contributed by atoms with Crippen LogP contribution in [0.25, 0.3) is 0 Å². The molecule has 0 bridgehead atoms. The summed E-state index contributed by atoms with van der Waals surface area (Å²) in [5.41, 5.74) is 6.20. The van der Waals surface area contributed by atoms with Gasteiger partial charge in [0, 0.05) is 6.54 Å². The zero-order valence-electron chi connectivity index (χ0n) is 11.4. The third-order valence-corrected chi connectivity index (χ3v) is 3.04. The van der Waals surface area contributed by atoms with E-state index in [4.69, 9.17) is 22.1 Å². The van der Waals surface area contributed by atoms with Crippen LogP contribution in [0.3, 0.4) is 0 Å². The first-order chi connectivity index (χ1) is 9.06. The van der Waals surface area contributed by atoms with Crippen molar-refractivity contribution in [3.05, 3.63) is 23.2 Å². The first-order valence-corrected chi connectivity index (χ1v) is 6.92. The molecule has 0 aliphatic heterocycles. The first kappa shape index (κ1) is 15.6. The summed E-state index contributed by atoms with van der Waals surface area (Å²) in [6.07, 6.45) is 2.58. The maximum atomic E-state index is 11.8. The number of carbonyl (C=O) groups is 1. The predicted octanol–water partition coefficient (Wildman–Crippen LogP) is 3.00. The van der Waals surface area contributed by atoms with Crippen LogP contribution in [0.15, 0.2) is 18.2 Å². The van der Waals surface area contributed by atoms with Crippen molar-refractivity contribution in [2.75, 3.05) is 12.3 Å². The molecule has 106 valence electrons. The second-order valence-electron chi connectivity index (χ2n) is 4.42. The van der Waals surface area contributed by atoms with Gasteiger partial charge in [-0.1, -0.05) is 37.4 Å². The molecule has 1 amide bonds. The molecule has 4 nitrogen and oxygen atoms in total. The Morgan fingerprint density at radius 2 is 2.21 bits per heavy atom. The van der Waals surface area contributed by atoms with Crippen molar-refractivity contribution in [2.24, 2.45) is 0 Å². The Morgan fingerprint density at radius 1 is 1.47 bits per heavy atom. The second-order valence-corrected chi connectivity index (χ2v) is 4.82. The van der Waals surface area contributed by atoms with Gasteiger partial charge in [-0.3, -0.25) is 4.79 Å². The van der Waals surface area contributed by atoms with Gasteiger partial charge in [-0.25, -0.2) is 0 Å². The monoisotopic (exact) mass is 284 g/mol. The zero-order chi connectivity index (χ0) is 14.3. The fourth-order valence-electron chi connectivity index (χ4n) is 1.61. The number of anilines is 1. The number of hydrogen-bond donors (Lipinski definition) is 2.